The predicted octanol–water partition coefficient (Wildman–Crippen LogP) is -0.297. The minimum absolute atomic E-state index is 0. The van der Waals surface area contributed by atoms with Gasteiger partial charge in [-0.1, -0.05) is 0 Å². The van der Waals surface area contributed by atoms with Crippen LogP contribution in [0.4, 0.5) is 0 Å². The standard InChI is InChI=1S/CH3.O.2Sn/h1H3;;;. The molecule has 0 fully saturated rings. The summed E-state index contributed by atoms with van der Waals surface area (Å²) in [5, 5.41) is 0. The summed E-state index contributed by atoms with van der Waals surface area (Å²) in [5.41, 5.74) is 0. The molecule has 0 saturated heterocycles. The van der Waals surface area contributed by atoms with Crippen LogP contribution in [0.25, 0.3) is 0 Å². The van der Waals surface area contributed by atoms with Gasteiger partial charge >= 0.3 is 29.1 Å². The molecule has 0 aromatic rings. The Morgan fingerprint density at radius 3 is 1.75 bits per heavy atom. The van der Waals surface area contributed by atoms with Crippen LogP contribution < -0.4 is 0 Å². The Kier molecular flexibility index (Phi) is 20.0. The number of hydrogen-bond donors (Lipinski definition) is 0. The van der Waals surface area contributed by atoms with Crippen LogP contribution in [-0.2, 0) is 3.08 Å². The molecule has 0 amide bonds. The van der Waals surface area contributed by atoms with Gasteiger partial charge in [0.05, 0.1) is 0 Å². The van der Waals surface area contributed by atoms with Crippen molar-refractivity contribution in [3.8, 4) is 0 Å². The first-order chi connectivity index (χ1) is 1.41. The van der Waals surface area contributed by atoms with Gasteiger partial charge in [-0.15, -0.1) is 0 Å². The van der Waals surface area contributed by atoms with Crippen LogP contribution in [-0.4, -0.2) is 45.0 Å². The van der Waals surface area contributed by atoms with Crippen molar-refractivity contribution >= 4 is 45.0 Å². The molecule has 0 aromatic carbocycles. The van der Waals surface area contributed by atoms with Gasteiger partial charge in [0.25, 0.3) is 0 Å². The summed E-state index contributed by atoms with van der Waals surface area (Å²) >= 11 is -1.02. The zero-order chi connectivity index (χ0) is 2.71. The van der Waals surface area contributed by atoms with Crippen molar-refractivity contribution in [3.63, 3.8) is 0 Å². The second-order valence-electron chi connectivity index (χ2n) is 0.204. The Bertz CT molecular complexity index is 13.5. The largest absolute Gasteiger partial charge is 0 e. The Morgan fingerprint density at radius 1 is 1.75 bits per heavy atom. The van der Waals surface area contributed by atoms with E-state index in [0.717, 1.165) is 0 Å². The first kappa shape index (κ1) is 9.04. The maximum Gasteiger partial charge on any atom is 0 e. The molecule has 5 radical (unpaired) electrons. The molecular weight excluding hydrogens is 265 g/mol. The van der Waals surface area contributed by atoms with E-state index in [0.29, 0.717) is 0 Å². The summed E-state index contributed by atoms with van der Waals surface area (Å²) in [5.74, 6) is 0. The average Bonchev–Trinajstić information content (AvgIpc) is 0.918. The minimum Gasteiger partial charge on any atom is 0 e. The Hall–Kier alpha value is 1.40. The summed E-state index contributed by atoms with van der Waals surface area (Å²) in [7, 11) is 0. The van der Waals surface area contributed by atoms with E-state index in [1.807, 2.05) is 0 Å². The van der Waals surface area contributed by atoms with Gasteiger partial charge in [-0.25, -0.2) is 0 Å². The third-order valence-electron chi connectivity index (χ3n) is 0. The molecule has 0 spiro atoms. The molecule has 0 N–H and O–H groups in total. The first-order valence-electron chi connectivity index (χ1n) is 0.704. The zero-order valence-electron chi connectivity index (χ0n) is 2.41. The first-order valence-corrected chi connectivity index (χ1v) is 4.72. The molecule has 0 atom stereocenters. The van der Waals surface area contributed by atoms with Gasteiger partial charge in [0.2, 0.25) is 0 Å². The molecular formula is CH3OSn2. The fourth-order valence-electron chi connectivity index (χ4n) is 0. The molecule has 4 heavy (non-hydrogen) atoms. The van der Waals surface area contributed by atoms with Gasteiger partial charge in [0.15, 0.2) is 0 Å². The topological polar surface area (TPSA) is 17.1 Å². The molecule has 0 aliphatic rings. The predicted molar refractivity (Wildman–Crippen MR) is 18.1 cm³/mol. The van der Waals surface area contributed by atoms with E-state index in [9.17, 15) is 0 Å². The van der Waals surface area contributed by atoms with E-state index < -0.39 is 21.1 Å². The molecule has 0 aliphatic carbocycles. The van der Waals surface area contributed by atoms with Gasteiger partial charge in [-0.3, -0.25) is 0 Å². The average molecular weight is 268 g/mol. The summed E-state index contributed by atoms with van der Waals surface area (Å²) in [6.07, 6.45) is 0. The Labute approximate surface area is 52.7 Å². The van der Waals surface area contributed by atoms with Gasteiger partial charge in [-0.05, 0) is 0 Å². The normalized spacial score (nSPS) is 3.25. The summed E-state index contributed by atoms with van der Waals surface area (Å²) in [4.78, 5) is 1.74. The molecule has 1 nitrogen and oxygen atoms in total. The molecule has 0 unspecified atom stereocenters. The van der Waals surface area contributed by atoms with Crippen LogP contribution in [0.3, 0.4) is 0 Å². The van der Waals surface area contributed by atoms with Crippen LogP contribution in [0.5, 0.6) is 0 Å². The Morgan fingerprint density at radius 2 is 1.75 bits per heavy atom. The molecule has 0 aliphatic heterocycles. The molecule has 3 heteroatoms. The quantitative estimate of drug-likeness (QED) is 0.552. The molecule has 0 saturated carbocycles. The maximum absolute atomic E-state index is 9.10. The van der Waals surface area contributed by atoms with Crippen molar-refractivity contribution < 1.29 is 3.08 Å². The van der Waals surface area contributed by atoms with Crippen molar-refractivity contribution in [2.24, 2.45) is 0 Å². The third kappa shape index (κ3) is 10.00. The van der Waals surface area contributed by atoms with Gasteiger partial charge in [0, 0.05) is 23.9 Å². The second kappa shape index (κ2) is 8.83. The second-order valence-corrected chi connectivity index (χ2v) is 1.37. The van der Waals surface area contributed by atoms with Crippen LogP contribution in [0.2, 0.25) is 4.94 Å². The molecule has 0 aromatic heterocycles. The van der Waals surface area contributed by atoms with Gasteiger partial charge in [0.1, 0.15) is 0 Å². The maximum atomic E-state index is 9.10. The van der Waals surface area contributed by atoms with E-state index in [1.54, 1.807) is 4.94 Å². The summed E-state index contributed by atoms with van der Waals surface area (Å²) in [6, 6.07) is 0. The van der Waals surface area contributed by atoms with E-state index in [2.05, 4.69) is 0 Å². The minimum atomic E-state index is -1.02. The van der Waals surface area contributed by atoms with Crippen LogP contribution in [0, 0.1) is 0 Å². The van der Waals surface area contributed by atoms with Gasteiger partial charge < -0.3 is 0 Å². The molecule has 0 rings (SSSR count). The third-order valence-corrected chi connectivity index (χ3v) is 0. The number of hydrogen-bond acceptors (Lipinski definition) is 1. The Balaban J connectivity index is 0. The van der Waals surface area contributed by atoms with Gasteiger partial charge in [-0.2, -0.15) is 0 Å². The smallest absolute Gasteiger partial charge is 0 e. The van der Waals surface area contributed by atoms with Crippen molar-refractivity contribution in [1.82, 2.24) is 0 Å². The fraction of sp³-hybridized carbons (Fsp3) is 1.00. The van der Waals surface area contributed by atoms with E-state index in [-0.39, 0.29) is 23.9 Å². The van der Waals surface area contributed by atoms with Crippen molar-refractivity contribution in [2.45, 2.75) is 4.94 Å². The van der Waals surface area contributed by atoms with Crippen molar-refractivity contribution in [1.29, 1.82) is 0 Å². The van der Waals surface area contributed by atoms with Crippen molar-refractivity contribution in [2.75, 3.05) is 0 Å². The van der Waals surface area contributed by atoms with E-state index in [1.165, 1.54) is 0 Å². The SMILES string of the molecule is [CH3][Sn]=[O].[Sn]. The number of rotatable bonds is 0. The van der Waals surface area contributed by atoms with E-state index in [4.69, 9.17) is 3.08 Å². The van der Waals surface area contributed by atoms with Crippen LogP contribution in [0.1, 0.15) is 0 Å². The summed E-state index contributed by atoms with van der Waals surface area (Å²) < 4.78 is 9.10. The fourth-order valence-corrected chi connectivity index (χ4v) is 0. The molecule has 21 valence electrons. The monoisotopic (exact) mass is 271 g/mol. The van der Waals surface area contributed by atoms with E-state index >= 15 is 0 Å². The van der Waals surface area contributed by atoms with Crippen LogP contribution >= 0.6 is 0 Å². The van der Waals surface area contributed by atoms with Crippen molar-refractivity contribution in [3.05, 3.63) is 0 Å². The van der Waals surface area contributed by atoms with Crippen LogP contribution in [0.15, 0.2) is 0 Å². The molecule has 0 bridgehead atoms. The zero-order valence-corrected chi connectivity index (χ0v) is 8.12. The molecule has 0 heterocycles. The summed E-state index contributed by atoms with van der Waals surface area (Å²) in [6.45, 7) is 0.